The van der Waals surface area contributed by atoms with E-state index in [1.165, 1.54) is 0 Å². The molecule has 5 nitrogen and oxygen atoms in total. The van der Waals surface area contributed by atoms with Gasteiger partial charge in [-0.2, -0.15) is 0 Å². The van der Waals surface area contributed by atoms with Gasteiger partial charge in [0.15, 0.2) is 11.6 Å². The summed E-state index contributed by atoms with van der Waals surface area (Å²) in [4.78, 5) is 16.2. The zero-order valence-corrected chi connectivity index (χ0v) is 13.0. The Bertz CT molecular complexity index is 772. The Kier molecular flexibility index (Phi) is 4.28. The summed E-state index contributed by atoms with van der Waals surface area (Å²) < 4.78 is 15.7. The third-order valence-electron chi connectivity index (χ3n) is 3.55. The fourth-order valence-electron chi connectivity index (χ4n) is 2.39. The molecule has 2 heterocycles. The molecule has 0 aliphatic carbocycles. The van der Waals surface area contributed by atoms with Gasteiger partial charge in [0.05, 0.1) is 13.4 Å². The minimum Gasteiger partial charge on any atom is -0.496 e. The number of cyclic esters (lactones) is 1. The third-order valence-corrected chi connectivity index (χ3v) is 3.55. The third kappa shape index (κ3) is 3.51. The van der Waals surface area contributed by atoms with E-state index in [1.807, 2.05) is 37.3 Å². The van der Waals surface area contributed by atoms with Crippen molar-refractivity contribution < 1.29 is 18.7 Å². The summed E-state index contributed by atoms with van der Waals surface area (Å²) in [6, 6.07) is 9.39. The molecule has 0 atom stereocenters. The van der Waals surface area contributed by atoms with E-state index < -0.39 is 5.97 Å². The number of aryl methyl sites for hydroxylation is 2. The van der Waals surface area contributed by atoms with Gasteiger partial charge in [-0.25, -0.2) is 9.79 Å². The number of esters is 1. The molecular weight excluding hydrogens is 294 g/mol. The highest BCUT2D eigenvalue weighted by Gasteiger charge is 2.22. The maximum atomic E-state index is 11.9. The van der Waals surface area contributed by atoms with Crippen LogP contribution in [0.5, 0.6) is 5.75 Å². The van der Waals surface area contributed by atoms with Crippen molar-refractivity contribution in [1.82, 2.24) is 0 Å². The summed E-state index contributed by atoms with van der Waals surface area (Å²) in [6.07, 6.45) is 4.51. The lowest BCUT2D eigenvalue weighted by Gasteiger charge is -2.04. The molecule has 1 aliphatic heterocycles. The first kappa shape index (κ1) is 15.1. The first-order valence-corrected chi connectivity index (χ1v) is 7.34. The van der Waals surface area contributed by atoms with E-state index in [1.54, 1.807) is 19.4 Å². The number of carbonyl (C=O) groups excluding carboxylic acids is 1. The second-order valence-electron chi connectivity index (χ2n) is 5.23. The number of hydrogen-bond donors (Lipinski definition) is 0. The normalized spacial score (nSPS) is 15.7. The maximum Gasteiger partial charge on any atom is 0.363 e. The number of carbonyl (C=O) groups is 1. The van der Waals surface area contributed by atoms with Gasteiger partial charge in [0.2, 0.25) is 0 Å². The van der Waals surface area contributed by atoms with Gasteiger partial charge in [0.1, 0.15) is 11.5 Å². The molecule has 0 spiro atoms. The molecule has 1 aromatic carbocycles. The van der Waals surface area contributed by atoms with Gasteiger partial charge >= 0.3 is 5.97 Å². The van der Waals surface area contributed by atoms with Gasteiger partial charge in [-0.05, 0) is 48.4 Å². The summed E-state index contributed by atoms with van der Waals surface area (Å²) in [5.74, 6) is 1.64. The van der Waals surface area contributed by atoms with Crippen LogP contribution in [0, 0.1) is 6.92 Å². The molecule has 3 rings (SSSR count). The van der Waals surface area contributed by atoms with E-state index in [0.29, 0.717) is 24.4 Å². The number of rotatable bonds is 5. The molecule has 118 valence electrons. The zero-order chi connectivity index (χ0) is 16.2. The van der Waals surface area contributed by atoms with Crippen LogP contribution in [0.4, 0.5) is 0 Å². The molecule has 1 aliphatic rings. The van der Waals surface area contributed by atoms with E-state index in [0.717, 1.165) is 22.6 Å². The lowest BCUT2D eigenvalue weighted by Crippen LogP contribution is -2.04. The predicted octanol–water partition coefficient (Wildman–Crippen LogP) is 3.53. The molecule has 23 heavy (non-hydrogen) atoms. The minimum absolute atomic E-state index is 0.309. The van der Waals surface area contributed by atoms with E-state index in [4.69, 9.17) is 13.9 Å². The Morgan fingerprint density at radius 3 is 2.83 bits per heavy atom. The van der Waals surface area contributed by atoms with Crippen LogP contribution in [-0.4, -0.2) is 19.0 Å². The summed E-state index contributed by atoms with van der Waals surface area (Å²) in [5, 5.41) is 0. The number of furan rings is 1. The SMILES string of the molecule is COc1ccc(/C=C2/N=C(CCc3ccco3)OC2=O)cc1C. The molecule has 2 aromatic rings. The van der Waals surface area contributed by atoms with Gasteiger partial charge in [-0.1, -0.05) is 6.07 Å². The Balaban J connectivity index is 1.73. The molecule has 0 saturated heterocycles. The van der Waals surface area contributed by atoms with Crippen LogP contribution in [-0.2, 0) is 16.0 Å². The molecule has 0 saturated carbocycles. The second kappa shape index (κ2) is 6.52. The zero-order valence-electron chi connectivity index (χ0n) is 13.0. The quantitative estimate of drug-likeness (QED) is 0.626. The van der Waals surface area contributed by atoms with Crippen LogP contribution in [0.1, 0.15) is 23.3 Å². The van der Waals surface area contributed by atoms with Crippen molar-refractivity contribution in [1.29, 1.82) is 0 Å². The largest absolute Gasteiger partial charge is 0.496 e. The fourth-order valence-corrected chi connectivity index (χ4v) is 2.39. The fraction of sp³-hybridized carbons (Fsp3) is 0.222. The lowest BCUT2D eigenvalue weighted by atomic mass is 10.1. The number of ether oxygens (including phenoxy) is 2. The Hall–Kier alpha value is -2.82. The van der Waals surface area contributed by atoms with E-state index in [9.17, 15) is 4.79 Å². The maximum absolute atomic E-state index is 11.9. The standard InChI is InChI=1S/C18H17NO4/c1-12-10-13(5-7-16(12)21-2)11-15-18(20)23-17(19-15)8-6-14-4-3-9-22-14/h3-5,7,9-11H,6,8H2,1-2H3/b15-11+. The second-order valence-corrected chi connectivity index (χ2v) is 5.23. The molecule has 0 fully saturated rings. The van der Waals surface area contributed by atoms with E-state index >= 15 is 0 Å². The van der Waals surface area contributed by atoms with Crippen molar-refractivity contribution in [2.24, 2.45) is 4.99 Å². The number of methoxy groups -OCH3 is 1. The molecule has 0 bridgehead atoms. The van der Waals surface area contributed by atoms with Gasteiger partial charge in [0.25, 0.3) is 0 Å². The van der Waals surface area contributed by atoms with Gasteiger partial charge in [-0.3, -0.25) is 0 Å². The Morgan fingerprint density at radius 2 is 2.13 bits per heavy atom. The predicted molar refractivity (Wildman–Crippen MR) is 86.3 cm³/mol. The molecule has 0 amide bonds. The van der Waals surface area contributed by atoms with Crippen molar-refractivity contribution in [3.8, 4) is 5.75 Å². The molecule has 5 heteroatoms. The Labute approximate surface area is 134 Å². The summed E-state index contributed by atoms with van der Waals surface area (Å²) in [6.45, 7) is 1.95. The highest BCUT2D eigenvalue weighted by Crippen LogP contribution is 2.22. The minimum atomic E-state index is -0.423. The van der Waals surface area contributed by atoms with Crippen LogP contribution < -0.4 is 4.74 Å². The number of hydrogen-bond acceptors (Lipinski definition) is 5. The monoisotopic (exact) mass is 311 g/mol. The van der Waals surface area contributed by atoms with Crippen molar-refractivity contribution in [2.45, 2.75) is 19.8 Å². The number of benzene rings is 1. The van der Waals surface area contributed by atoms with Gasteiger partial charge in [-0.15, -0.1) is 0 Å². The molecular formula is C18H17NO4. The average Bonchev–Trinajstić information content (AvgIpc) is 3.16. The average molecular weight is 311 g/mol. The first-order chi connectivity index (χ1) is 11.2. The van der Waals surface area contributed by atoms with Crippen LogP contribution in [0.25, 0.3) is 6.08 Å². The smallest absolute Gasteiger partial charge is 0.363 e. The van der Waals surface area contributed by atoms with Crippen molar-refractivity contribution in [3.63, 3.8) is 0 Å². The van der Waals surface area contributed by atoms with Crippen molar-refractivity contribution in [2.75, 3.05) is 7.11 Å². The summed E-state index contributed by atoms with van der Waals surface area (Å²) >= 11 is 0. The van der Waals surface area contributed by atoms with Gasteiger partial charge in [0, 0.05) is 12.8 Å². The topological polar surface area (TPSA) is 61.0 Å². The highest BCUT2D eigenvalue weighted by molar-refractivity contribution is 6.07. The Morgan fingerprint density at radius 1 is 1.26 bits per heavy atom. The van der Waals surface area contributed by atoms with Crippen LogP contribution in [0.2, 0.25) is 0 Å². The van der Waals surface area contributed by atoms with E-state index in [-0.39, 0.29) is 0 Å². The summed E-state index contributed by atoms with van der Waals surface area (Å²) in [7, 11) is 1.63. The van der Waals surface area contributed by atoms with Crippen molar-refractivity contribution >= 4 is 17.9 Å². The molecule has 0 radical (unpaired) electrons. The number of nitrogens with zero attached hydrogens (tertiary/aromatic N) is 1. The van der Waals surface area contributed by atoms with Gasteiger partial charge < -0.3 is 13.9 Å². The van der Waals surface area contributed by atoms with Crippen LogP contribution in [0.15, 0.2) is 51.7 Å². The first-order valence-electron chi connectivity index (χ1n) is 7.34. The molecule has 0 unspecified atom stereocenters. The molecule has 1 aromatic heterocycles. The lowest BCUT2D eigenvalue weighted by molar-refractivity contribution is -0.130. The summed E-state index contributed by atoms with van der Waals surface area (Å²) in [5.41, 5.74) is 2.19. The number of aliphatic imine (C=N–C) groups is 1. The van der Waals surface area contributed by atoms with Crippen LogP contribution in [0.3, 0.4) is 0 Å². The van der Waals surface area contributed by atoms with Crippen molar-refractivity contribution in [3.05, 3.63) is 59.2 Å². The molecule has 0 N–H and O–H groups in total. The van der Waals surface area contributed by atoms with E-state index in [2.05, 4.69) is 4.99 Å². The highest BCUT2D eigenvalue weighted by atomic mass is 16.6. The van der Waals surface area contributed by atoms with Crippen LogP contribution >= 0.6 is 0 Å².